The summed E-state index contributed by atoms with van der Waals surface area (Å²) in [6.07, 6.45) is 1.84. The van der Waals surface area contributed by atoms with Gasteiger partial charge in [-0.05, 0) is 11.6 Å². The lowest BCUT2D eigenvalue weighted by molar-refractivity contribution is 0.547. The molecule has 2 aromatic carbocycles. The van der Waals surface area contributed by atoms with E-state index >= 15 is 0 Å². The van der Waals surface area contributed by atoms with Crippen LogP contribution in [-0.4, -0.2) is 4.98 Å². The van der Waals surface area contributed by atoms with Gasteiger partial charge in [-0.25, -0.2) is 4.79 Å². The van der Waals surface area contributed by atoms with Crippen LogP contribution >= 0.6 is 0 Å². The predicted octanol–water partition coefficient (Wildman–Crippen LogP) is 4.41. The zero-order valence-electron chi connectivity index (χ0n) is 11.7. The third-order valence-electron chi connectivity index (χ3n) is 3.74. The van der Waals surface area contributed by atoms with Crippen LogP contribution in [0.1, 0.15) is 0 Å². The Morgan fingerprint density at radius 2 is 1.41 bits per heavy atom. The number of aromatic amines is 1. The first-order chi connectivity index (χ1) is 10.8. The van der Waals surface area contributed by atoms with Crippen molar-refractivity contribution >= 4 is 0 Å². The molecule has 0 saturated carbocycles. The van der Waals surface area contributed by atoms with Gasteiger partial charge in [0.1, 0.15) is 5.76 Å². The first kappa shape index (κ1) is 12.7. The Bertz CT molecular complexity index is 936. The number of hydrogen-bond donors (Lipinski definition) is 1. The molecule has 3 nitrogen and oxygen atoms in total. The van der Waals surface area contributed by atoms with Gasteiger partial charge >= 0.3 is 5.63 Å². The van der Waals surface area contributed by atoms with Crippen molar-refractivity contribution in [2.24, 2.45) is 0 Å². The van der Waals surface area contributed by atoms with Gasteiger partial charge in [0.15, 0.2) is 0 Å². The summed E-state index contributed by atoms with van der Waals surface area (Å²) in [4.78, 5) is 15.6. The fourth-order valence-corrected chi connectivity index (χ4v) is 2.73. The standard InChI is InChI=1S/C19H13NO2/c21-19-16-15(18(22-19)14-9-5-2-6-10-14)11-12-20-17(16)13-7-3-1-4-8-13/h1-12,20H. The molecular weight excluding hydrogens is 274 g/mol. The molecular formula is C19H13NO2. The molecule has 0 saturated heterocycles. The maximum absolute atomic E-state index is 12.4. The summed E-state index contributed by atoms with van der Waals surface area (Å²) < 4.78 is 5.54. The van der Waals surface area contributed by atoms with Gasteiger partial charge in [0.25, 0.3) is 0 Å². The number of hydrogen-bond acceptors (Lipinski definition) is 2. The van der Waals surface area contributed by atoms with E-state index < -0.39 is 0 Å². The van der Waals surface area contributed by atoms with Gasteiger partial charge in [0.05, 0.1) is 11.3 Å². The number of benzene rings is 2. The number of H-pyrrole nitrogens is 1. The molecule has 3 heteroatoms. The number of aromatic nitrogens is 1. The van der Waals surface area contributed by atoms with Crippen molar-refractivity contribution in [2.45, 2.75) is 0 Å². The highest BCUT2D eigenvalue weighted by atomic mass is 16.4. The Morgan fingerprint density at radius 3 is 2.09 bits per heavy atom. The van der Waals surface area contributed by atoms with Gasteiger partial charge < -0.3 is 9.40 Å². The Kier molecular flexibility index (Phi) is 2.90. The second kappa shape index (κ2) is 5.04. The molecule has 0 aliphatic carbocycles. The molecule has 0 bridgehead atoms. The minimum Gasteiger partial charge on any atom is -0.422 e. The van der Waals surface area contributed by atoms with Crippen LogP contribution in [0, 0.1) is 0 Å². The van der Waals surface area contributed by atoms with Crippen LogP contribution in [0.25, 0.3) is 33.7 Å². The van der Waals surface area contributed by atoms with E-state index in [2.05, 4.69) is 4.98 Å². The van der Waals surface area contributed by atoms with E-state index in [0.717, 1.165) is 22.4 Å². The number of rotatable bonds is 2. The fourth-order valence-electron chi connectivity index (χ4n) is 2.73. The summed E-state index contributed by atoms with van der Waals surface area (Å²) in [5.41, 5.74) is 3.75. The molecule has 2 aromatic rings. The average Bonchev–Trinajstić information content (AvgIpc) is 2.94. The van der Waals surface area contributed by atoms with E-state index in [-0.39, 0.29) is 5.63 Å². The normalized spacial score (nSPS) is 10.9. The molecule has 0 amide bonds. The van der Waals surface area contributed by atoms with Crippen molar-refractivity contribution in [1.29, 1.82) is 0 Å². The van der Waals surface area contributed by atoms with Crippen LogP contribution in [0.3, 0.4) is 0 Å². The van der Waals surface area contributed by atoms with Crippen LogP contribution < -0.4 is 5.63 Å². The van der Waals surface area contributed by atoms with Crippen LogP contribution in [0.15, 0.2) is 82.1 Å². The molecule has 0 fully saturated rings. The van der Waals surface area contributed by atoms with E-state index in [4.69, 9.17) is 4.42 Å². The zero-order chi connectivity index (χ0) is 14.9. The molecule has 4 rings (SSSR count). The highest BCUT2D eigenvalue weighted by Crippen LogP contribution is 2.36. The average molecular weight is 287 g/mol. The lowest BCUT2D eigenvalue weighted by atomic mass is 9.98. The highest BCUT2D eigenvalue weighted by molar-refractivity contribution is 5.88. The molecule has 1 N–H and O–H groups in total. The Hall–Kier alpha value is -3.07. The predicted molar refractivity (Wildman–Crippen MR) is 86.8 cm³/mol. The lowest BCUT2D eigenvalue weighted by Gasteiger charge is -2.07. The number of nitrogens with one attached hydrogen (secondary N) is 1. The maximum Gasteiger partial charge on any atom is 0.346 e. The number of furan rings is 1. The van der Waals surface area contributed by atoms with Gasteiger partial charge in [-0.2, -0.15) is 0 Å². The molecule has 0 spiro atoms. The monoisotopic (exact) mass is 287 g/mol. The molecule has 2 aliphatic heterocycles. The molecule has 106 valence electrons. The van der Waals surface area contributed by atoms with Crippen molar-refractivity contribution in [1.82, 2.24) is 4.98 Å². The van der Waals surface area contributed by atoms with Gasteiger partial charge in [0, 0.05) is 17.3 Å². The summed E-state index contributed by atoms with van der Waals surface area (Å²) in [5.74, 6) is 0.617. The second-order valence-corrected chi connectivity index (χ2v) is 5.09. The third kappa shape index (κ3) is 1.95. The largest absolute Gasteiger partial charge is 0.422 e. The van der Waals surface area contributed by atoms with Gasteiger partial charge in [0.2, 0.25) is 0 Å². The highest BCUT2D eigenvalue weighted by Gasteiger charge is 2.23. The van der Waals surface area contributed by atoms with Crippen molar-refractivity contribution in [2.75, 3.05) is 0 Å². The molecule has 2 aliphatic rings. The minimum absolute atomic E-state index is 0.315. The smallest absolute Gasteiger partial charge is 0.346 e. The summed E-state index contributed by atoms with van der Waals surface area (Å²) in [7, 11) is 0. The topological polar surface area (TPSA) is 46.0 Å². The summed E-state index contributed by atoms with van der Waals surface area (Å²) in [6.45, 7) is 0. The van der Waals surface area contributed by atoms with Crippen LogP contribution in [-0.2, 0) is 0 Å². The second-order valence-electron chi connectivity index (χ2n) is 5.09. The summed E-state index contributed by atoms with van der Waals surface area (Å²) in [5, 5.41) is 0. The SMILES string of the molecule is O=c1oc(-c2ccccc2)c2cc[nH]c(-c3ccccc3)c1-2. The molecule has 22 heavy (non-hydrogen) atoms. The van der Waals surface area contributed by atoms with E-state index in [1.54, 1.807) is 0 Å². The number of pyridine rings is 1. The Balaban J connectivity index is 1.97. The summed E-state index contributed by atoms with van der Waals surface area (Å²) in [6, 6.07) is 21.4. The van der Waals surface area contributed by atoms with Gasteiger partial charge in [-0.3, -0.25) is 0 Å². The van der Waals surface area contributed by atoms with E-state index in [1.165, 1.54) is 0 Å². The van der Waals surface area contributed by atoms with Crippen molar-refractivity contribution in [3.8, 4) is 33.7 Å². The van der Waals surface area contributed by atoms with E-state index in [0.29, 0.717) is 11.3 Å². The van der Waals surface area contributed by atoms with Crippen LogP contribution in [0.5, 0.6) is 0 Å². The lowest BCUT2D eigenvalue weighted by Crippen LogP contribution is -1.99. The first-order valence-corrected chi connectivity index (χ1v) is 7.09. The fraction of sp³-hybridized carbons (Fsp3) is 0. The number of fused-ring (bicyclic) bond motifs is 1. The van der Waals surface area contributed by atoms with Crippen molar-refractivity contribution in [3.63, 3.8) is 0 Å². The maximum atomic E-state index is 12.4. The molecule has 2 heterocycles. The van der Waals surface area contributed by atoms with Gasteiger partial charge in [-0.15, -0.1) is 0 Å². The van der Waals surface area contributed by atoms with Gasteiger partial charge in [-0.1, -0.05) is 60.7 Å². The third-order valence-corrected chi connectivity index (χ3v) is 3.74. The van der Waals surface area contributed by atoms with Crippen LogP contribution in [0.2, 0.25) is 0 Å². The molecule has 0 aromatic heterocycles. The molecule has 0 radical (unpaired) electrons. The zero-order valence-corrected chi connectivity index (χ0v) is 11.7. The molecule has 0 unspecified atom stereocenters. The van der Waals surface area contributed by atoms with Crippen LogP contribution in [0.4, 0.5) is 0 Å². The van der Waals surface area contributed by atoms with E-state index in [1.807, 2.05) is 72.9 Å². The Morgan fingerprint density at radius 1 is 0.773 bits per heavy atom. The minimum atomic E-state index is -0.315. The molecule has 0 atom stereocenters. The van der Waals surface area contributed by atoms with Crippen molar-refractivity contribution < 1.29 is 4.42 Å². The summed E-state index contributed by atoms with van der Waals surface area (Å²) >= 11 is 0. The Labute approximate surface area is 127 Å². The van der Waals surface area contributed by atoms with E-state index in [9.17, 15) is 4.79 Å². The quantitative estimate of drug-likeness (QED) is 0.593. The first-order valence-electron chi connectivity index (χ1n) is 7.09. The van der Waals surface area contributed by atoms with Crippen molar-refractivity contribution in [3.05, 3.63) is 83.3 Å².